The van der Waals surface area contributed by atoms with E-state index in [1.54, 1.807) is 36.4 Å². The number of rotatable bonds is 6. The molecule has 2 aromatic rings. The van der Waals surface area contributed by atoms with Crippen LogP contribution in [0.5, 0.6) is 11.5 Å². The minimum absolute atomic E-state index is 0.152. The second-order valence-electron chi connectivity index (χ2n) is 6.13. The zero-order chi connectivity index (χ0) is 20.3. The van der Waals surface area contributed by atoms with Gasteiger partial charge in [-0.2, -0.15) is 5.10 Å². The lowest BCUT2D eigenvalue weighted by Gasteiger charge is -2.21. The predicted molar refractivity (Wildman–Crippen MR) is 109 cm³/mol. The Hall–Kier alpha value is -2.59. The van der Waals surface area contributed by atoms with Gasteiger partial charge in [0.2, 0.25) is 16.8 Å². The molecule has 148 valence electrons. The van der Waals surface area contributed by atoms with Crippen LogP contribution >= 0.6 is 15.9 Å². The highest BCUT2D eigenvalue weighted by Gasteiger charge is 2.20. The molecule has 8 nitrogen and oxygen atoms in total. The molecule has 0 bridgehead atoms. The van der Waals surface area contributed by atoms with Gasteiger partial charge in [0, 0.05) is 10.0 Å². The van der Waals surface area contributed by atoms with E-state index in [1.165, 1.54) is 6.21 Å². The van der Waals surface area contributed by atoms with Crippen LogP contribution in [-0.4, -0.2) is 40.1 Å². The third kappa shape index (κ3) is 4.82. The third-order valence-corrected chi connectivity index (χ3v) is 5.72. The molecule has 28 heavy (non-hydrogen) atoms. The van der Waals surface area contributed by atoms with E-state index in [9.17, 15) is 13.2 Å². The summed E-state index contributed by atoms with van der Waals surface area (Å²) in [5.74, 6) is 0.632. The number of aryl methyl sites for hydroxylation is 1. The highest BCUT2D eigenvalue weighted by molar-refractivity contribution is 9.10. The molecule has 0 unspecified atom stereocenters. The average molecular weight is 468 g/mol. The van der Waals surface area contributed by atoms with Crippen LogP contribution in [0.3, 0.4) is 0 Å². The van der Waals surface area contributed by atoms with E-state index in [0.717, 1.165) is 16.1 Å². The van der Waals surface area contributed by atoms with Crippen molar-refractivity contribution in [1.29, 1.82) is 0 Å². The molecule has 0 saturated heterocycles. The van der Waals surface area contributed by atoms with Gasteiger partial charge in [-0.25, -0.2) is 13.8 Å². The van der Waals surface area contributed by atoms with E-state index in [1.807, 2.05) is 6.92 Å². The minimum atomic E-state index is -3.63. The quantitative estimate of drug-likeness (QED) is 0.519. The van der Waals surface area contributed by atoms with Gasteiger partial charge in [-0.15, -0.1) is 0 Å². The molecule has 0 saturated carbocycles. The third-order valence-electron chi connectivity index (χ3n) is 3.89. The molecular formula is C18H18BrN3O5S. The molecule has 1 aliphatic rings. The Morgan fingerprint density at radius 1 is 1.25 bits per heavy atom. The van der Waals surface area contributed by atoms with E-state index in [4.69, 9.17) is 9.47 Å². The first-order valence-electron chi connectivity index (χ1n) is 8.19. The van der Waals surface area contributed by atoms with Crippen molar-refractivity contribution in [2.45, 2.75) is 6.92 Å². The summed E-state index contributed by atoms with van der Waals surface area (Å²) in [6.07, 6.45) is 2.48. The second kappa shape index (κ2) is 8.19. The summed E-state index contributed by atoms with van der Waals surface area (Å²) in [6, 6.07) is 10.3. The maximum Gasteiger partial charge on any atom is 0.260 e. The van der Waals surface area contributed by atoms with E-state index in [-0.39, 0.29) is 13.3 Å². The van der Waals surface area contributed by atoms with Crippen LogP contribution in [0.1, 0.15) is 11.1 Å². The monoisotopic (exact) mass is 467 g/mol. The summed E-state index contributed by atoms with van der Waals surface area (Å²) in [5.41, 5.74) is 4.41. The van der Waals surface area contributed by atoms with Crippen molar-refractivity contribution in [3.8, 4) is 11.5 Å². The normalized spacial score (nSPS) is 13.0. The molecular weight excluding hydrogens is 450 g/mol. The fourth-order valence-corrected chi connectivity index (χ4v) is 3.76. The molecule has 0 aromatic heterocycles. The van der Waals surface area contributed by atoms with Crippen molar-refractivity contribution in [3.05, 3.63) is 52.0 Å². The Morgan fingerprint density at radius 3 is 2.54 bits per heavy atom. The number of sulfonamides is 1. The summed E-state index contributed by atoms with van der Waals surface area (Å²) in [6.45, 7) is 1.66. The van der Waals surface area contributed by atoms with Gasteiger partial charge in [0.25, 0.3) is 5.91 Å². The van der Waals surface area contributed by atoms with E-state index < -0.39 is 15.9 Å². The molecule has 0 aliphatic carbocycles. The number of hydrogen-bond donors (Lipinski definition) is 1. The minimum Gasteiger partial charge on any atom is -0.454 e. The second-order valence-corrected chi connectivity index (χ2v) is 8.89. The summed E-state index contributed by atoms with van der Waals surface area (Å²) >= 11 is 3.39. The predicted octanol–water partition coefficient (Wildman–Crippen LogP) is 2.40. The van der Waals surface area contributed by atoms with Crippen LogP contribution in [0.4, 0.5) is 5.69 Å². The summed E-state index contributed by atoms with van der Waals surface area (Å²) in [5, 5.41) is 3.90. The Kier molecular flexibility index (Phi) is 5.90. The molecule has 1 aliphatic heterocycles. The Balaban J connectivity index is 1.68. The van der Waals surface area contributed by atoms with Gasteiger partial charge < -0.3 is 9.47 Å². The Morgan fingerprint density at radius 2 is 1.89 bits per heavy atom. The maximum atomic E-state index is 12.2. The molecule has 1 amide bonds. The SMILES string of the molecule is Cc1ccc(N(CC(=O)N/N=C\c2cc3c(cc2Br)OCO3)S(C)(=O)=O)cc1. The van der Waals surface area contributed by atoms with Crippen molar-refractivity contribution in [2.24, 2.45) is 5.10 Å². The number of hydrazone groups is 1. The Bertz CT molecular complexity index is 1020. The van der Waals surface area contributed by atoms with Gasteiger partial charge in [-0.1, -0.05) is 17.7 Å². The van der Waals surface area contributed by atoms with Gasteiger partial charge in [-0.05, 0) is 47.1 Å². The number of carbonyl (C=O) groups is 1. The average Bonchev–Trinajstić information content (AvgIpc) is 3.07. The van der Waals surface area contributed by atoms with Crippen LogP contribution in [0, 0.1) is 6.92 Å². The number of anilines is 1. The highest BCUT2D eigenvalue weighted by atomic mass is 79.9. The van der Waals surface area contributed by atoms with Crippen LogP contribution in [0.25, 0.3) is 0 Å². The van der Waals surface area contributed by atoms with E-state index in [2.05, 4.69) is 26.5 Å². The largest absolute Gasteiger partial charge is 0.454 e. The first-order chi connectivity index (χ1) is 13.2. The topological polar surface area (TPSA) is 97.3 Å². The van der Waals surface area contributed by atoms with Crippen LogP contribution < -0.4 is 19.2 Å². The molecule has 2 aromatic carbocycles. The number of halogens is 1. The zero-order valence-electron chi connectivity index (χ0n) is 15.2. The lowest BCUT2D eigenvalue weighted by molar-refractivity contribution is -0.119. The molecule has 0 atom stereocenters. The van der Waals surface area contributed by atoms with Gasteiger partial charge in [-0.3, -0.25) is 9.10 Å². The van der Waals surface area contributed by atoms with E-state index >= 15 is 0 Å². The number of hydrogen-bond acceptors (Lipinski definition) is 6. The molecule has 1 heterocycles. The summed E-state index contributed by atoms with van der Waals surface area (Å²) in [4.78, 5) is 12.2. The Labute approximate surface area is 171 Å². The lowest BCUT2D eigenvalue weighted by atomic mass is 10.2. The molecule has 0 radical (unpaired) electrons. The first-order valence-corrected chi connectivity index (χ1v) is 10.8. The van der Waals surface area contributed by atoms with Crippen molar-refractivity contribution < 1.29 is 22.7 Å². The van der Waals surface area contributed by atoms with Gasteiger partial charge in [0.15, 0.2) is 11.5 Å². The number of carbonyl (C=O) groups excluding carboxylic acids is 1. The van der Waals surface area contributed by atoms with Gasteiger partial charge in [0.1, 0.15) is 6.54 Å². The molecule has 3 rings (SSSR count). The fourth-order valence-electron chi connectivity index (χ4n) is 2.48. The zero-order valence-corrected chi connectivity index (χ0v) is 17.6. The number of benzene rings is 2. The van der Waals surface area contributed by atoms with Crippen molar-refractivity contribution in [1.82, 2.24) is 5.43 Å². The number of amides is 1. The maximum absolute atomic E-state index is 12.2. The smallest absolute Gasteiger partial charge is 0.260 e. The van der Waals surface area contributed by atoms with Crippen molar-refractivity contribution in [2.75, 3.05) is 23.9 Å². The number of fused-ring (bicyclic) bond motifs is 1. The van der Waals surface area contributed by atoms with Crippen LogP contribution in [-0.2, 0) is 14.8 Å². The number of ether oxygens (including phenoxy) is 2. The number of nitrogens with one attached hydrogen (secondary N) is 1. The fraction of sp³-hybridized carbons (Fsp3) is 0.222. The summed E-state index contributed by atoms with van der Waals surface area (Å²) < 4.78 is 36.5. The molecule has 0 spiro atoms. The summed E-state index contributed by atoms with van der Waals surface area (Å²) in [7, 11) is -3.63. The standard InChI is InChI=1S/C18H18BrN3O5S/c1-12-3-5-14(6-4-12)22(28(2,24)25)10-18(23)21-20-9-13-7-16-17(8-15(13)19)27-11-26-16/h3-9H,10-11H2,1-2H3,(H,21,23)/b20-9-. The van der Waals surface area contributed by atoms with Crippen molar-refractivity contribution in [3.63, 3.8) is 0 Å². The highest BCUT2D eigenvalue weighted by Crippen LogP contribution is 2.36. The van der Waals surface area contributed by atoms with Crippen LogP contribution in [0.2, 0.25) is 0 Å². The lowest BCUT2D eigenvalue weighted by Crippen LogP contribution is -2.39. The van der Waals surface area contributed by atoms with Gasteiger partial charge in [0.05, 0.1) is 18.2 Å². The number of nitrogens with zero attached hydrogens (tertiary/aromatic N) is 2. The first kappa shape index (κ1) is 20.2. The molecule has 10 heteroatoms. The van der Waals surface area contributed by atoms with Crippen LogP contribution in [0.15, 0.2) is 46.0 Å². The molecule has 1 N–H and O–H groups in total. The van der Waals surface area contributed by atoms with Crippen molar-refractivity contribution >= 4 is 43.8 Å². The van der Waals surface area contributed by atoms with E-state index in [0.29, 0.717) is 27.2 Å². The van der Waals surface area contributed by atoms with Gasteiger partial charge >= 0.3 is 0 Å². The molecule has 0 fully saturated rings.